The molecule has 2 aliphatic rings. The summed E-state index contributed by atoms with van der Waals surface area (Å²) in [5, 5.41) is 0. The van der Waals surface area contributed by atoms with Crippen molar-refractivity contribution in [3.8, 4) is 11.5 Å². The van der Waals surface area contributed by atoms with Gasteiger partial charge in [0.15, 0.2) is 0 Å². The number of methoxy groups -OCH3 is 1. The summed E-state index contributed by atoms with van der Waals surface area (Å²) in [5.41, 5.74) is 3.10. The second-order valence-electron chi connectivity index (χ2n) is 37.0. The predicted molar refractivity (Wildman–Crippen MR) is 608 cm³/mol. The number of unbranched alkanes of at least 4 members (excludes halogenated alkanes) is 15. The van der Waals surface area contributed by atoms with E-state index < -0.39 is 0 Å². The Bertz CT molecular complexity index is 2230. The maximum atomic E-state index is 5.82. The summed E-state index contributed by atoms with van der Waals surface area (Å²) in [4.78, 5) is 0. The Kier molecular flexibility index (Phi) is 162. The minimum Gasteiger partial charge on any atom is -0.491 e. The summed E-state index contributed by atoms with van der Waals surface area (Å²) < 4.78 is 107. The van der Waals surface area contributed by atoms with Crippen LogP contribution in [0.15, 0.2) is 48.5 Å². The standard InChI is InChI=1S/C24H42O8.C17H36.C14H28O6.C14H30.C9H20O2.C9H12.C8H18O3.C8H16.C5H12.C4H10O.C4H10S.C3H8.H2O/c1-4-22-19-23(31-17-15-29-13-11-27-9-7-25-5-2)21-24(20-22)32-18-16-30-14-12-28-10-8-26-6-3;1-4-7-9-11-12-14-16-17(6-3)15-13-10-8-5-2;1-2-14-13-19-10-9-17-6-5-15-3-4-16-7-8-18-11-12-20-14;1-4-6-8-10-12-14(3)13-11-9-7-5-2;1-3-5-7-11-9-8-10-6-4-2;1-2-6-9-7-4-3-5-8-9;1-3-9-5-7-11-8-6-10-4-2;1-2-8-6-4-3-5-7-8;1-5(2,3)4;2*1-3-4-5-2;1-3-2;/h19-21H,4-18H2,1-3H3;17H,4-16H2,1-3H3;14H,2-13H2,1H3;14H,4-13H2,1-3H3;3-9H2,1-2H3;3-5,7-8H,2,6H2,1H3;3-8H2,1-2H3;8H,2-7H2,1H3;1-4H3;2*3-4H2,1-2H3;3H2,1-2H3;1H2. The molecule has 2 aromatic rings. The molecule has 852 valence electrons. The van der Waals surface area contributed by atoms with Gasteiger partial charge in [-0.3, -0.25) is 0 Å². The monoisotopic (exact) mass is 2040 g/mol. The van der Waals surface area contributed by atoms with Gasteiger partial charge in [-0.05, 0) is 131 Å². The Morgan fingerprint density at radius 2 is 0.681 bits per heavy atom. The molecule has 141 heavy (non-hydrogen) atoms. The van der Waals surface area contributed by atoms with Crippen LogP contribution in [0.1, 0.15) is 415 Å². The van der Waals surface area contributed by atoms with Crippen LogP contribution in [0.2, 0.25) is 0 Å². The molecule has 1 saturated carbocycles. The minimum absolute atomic E-state index is 0. The molecular weight excluding hydrogens is 1800 g/mol. The third-order valence-corrected chi connectivity index (χ3v) is 22.0. The van der Waals surface area contributed by atoms with E-state index in [9.17, 15) is 0 Å². The first kappa shape index (κ1) is 156. The third kappa shape index (κ3) is 158. The maximum absolute atomic E-state index is 5.82. The summed E-state index contributed by atoms with van der Waals surface area (Å²) in [6.45, 7) is 74.8. The molecule has 0 spiro atoms. The first-order valence-electron chi connectivity index (χ1n) is 57.6. The molecule has 2 aromatic carbocycles. The normalized spacial score (nSPS) is 13.7. The molecule has 2 fully saturated rings. The molecule has 4 rings (SSSR count). The van der Waals surface area contributed by atoms with Crippen molar-refractivity contribution in [1.29, 1.82) is 0 Å². The highest BCUT2D eigenvalue weighted by atomic mass is 32.2. The molecule has 2 N–H and O–H groups in total. The molecule has 0 radical (unpaired) electrons. The Labute approximate surface area is 880 Å². The van der Waals surface area contributed by atoms with E-state index in [2.05, 4.69) is 175 Å². The van der Waals surface area contributed by atoms with Gasteiger partial charge in [-0.1, -0.05) is 374 Å². The lowest BCUT2D eigenvalue weighted by Gasteiger charge is -2.18. The molecule has 1 aliphatic carbocycles. The Hall–Kier alpha value is -2.37. The summed E-state index contributed by atoms with van der Waals surface area (Å²) in [6.07, 6.45) is 55.8. The Morgan fingerprint density at radius 3 is 0.993 bits per heavy atom. The maximum Gasteiger partial charge on any atom is 0.123 e. The number of thioether (sulfide) groups is 1. The SMILES string of the molecule is CC(C)(C)C.CCC.CCC1CCCCC1.CCC1COCCOCCOCCOCCOCCO1.CCCCCCC(C)CCCCCC.CCCCCCCCC(CC)CCCCCC.CCCCOCCOCCC.CCCOC.CCCSC.CCCc1ccccc1.CCOCCOCCOCC.CCOCCOCCOCCOc1cc(CC)cc(OCCOCCOCCOCC)c1.O. The topological polar surface area (TPSA) is 216 Å². The molecular formula is C119H244O21S. The molecule has 1 saturated heterocycles. The largest absolute Gasteiger partial charge is 0.491 e. The number of hydrogen-bond acceptors (Lipinski definition) is 21. The van der Waals surface area contributed by atoms with Crippen LogP contribution in [0, 0.1) is 23.2 Å². The van der Waals surface area contributed by atoms with Gasteiger partial charge >= 0.3 is 0 Å². The van der Waals surface area contributed by atoms with Gasteiger partial charge in [-0.25, -0.2) is 0 Å². The van der Waals surface area contributed by atoms with E-state index in [4.69, 9.17) is 94.7 Å². The fraction of sp³-hybridized carbons (Fsp3) is 0.899. The quantitative estimate of drug-likeness (QED) is 0.0563. The van der Waals surface area contributed by atoms with Crippen LogP contribution in [0.25, 0.3) is 0 Å². The van der Waals surface area contributed by atoms with Crippen molar-refractivity contribution in [2.24, 2.45) is 23.2 Å². The zero-order valence-corrected chi connectivity index (χ0v) is 99.1. The van der Waals surface area contributed by atoms with Crippen LogP contribution in [0.3, 0.4) is 0 Å². The van der Waals surface area contributed by atoms with E-state index in [1.54, 1.807) is 7.11 Å². The van der Waals surface area contributed by atoms with E-state index >= 15 is 0 Å². The molecule has 21 nitrogen and oxygen atoms in total. The van der Waals surface area contributed by atoms with Crippen LogP contribution in [0.4, 0.5) is 0 Å². The van der Waals surface area contributed by atoms with E-state index in [0.717, 1.165) is 113 Å². The lowest BCUT2D eigenvalue weighted by atomic mass is 9.88. The highest BCUT2D eigenvalue weighted by Gasteiger charge is 2.12. The van der Waals surface area contributed by atoms with Gasteiger partial charge in [0.1, 0.15) is 24.7 Å². The van der Waals surface area contributed by atoms with Crippen molar-refractivity contribution < 1.29 is 100 Å². The van der Waals surface area contributed by atoms with Gasteiger partial charge < -0.3 is 100 Å². The van der Waals surface area contributed by atoms with E-state index in [0.29, 0.717) is 197 Å². The Balaban J connectivity index is -0.000000203. The predicted octanol–water partition coefficient (Wildman–Crippen LogP) is 30.7. The molecule has 0 bridgehead atoms. The van der Waals surface area contributed by atoms with Crippen molar-refractivity contribution in [1.82, 2.24) is 0 Å². The first-order valence-corrected chi connectivity index (χ1v) is 59.0. The molecule has 22 heteroatoms. The van der Waals surface area contributed by atoms with Crippen LogP contribution in [0.5, 0.6) is 11.5 Å². The van der Waals surface area contributed by atoms with Gasteiger partial charge in [-0.15, -0.1) is 0 Å². The molecule has 1 heterocycles. The average molecular weight is 2040 g/mol. The summed E-state index contributed by atoms with van der Waals surface area (Å²) >= 11 is 1.90. The van der Waals surface area contributed by atoms with Crippen molar-refractivity contribution in [3.63, 3.8) is 0 Å². The van der Waals surface area contributed by atoms with Gasteiger partial charge in [0.2, 0.25) is 0 Å². The summed E-state index contributed by atoms with van der Waals surface area (Å²) in [6, 6.07) is 16.5. The van der Waals surface area contributed by atoms with Crippen molar-refractivity contribution in [2.75, 3.05) is 257 Å². The van der Waals surface area contributed by atoms with Crippen LogP contribution < -0.4 is 9.47 Å². The van der Waals surface area contributed by atoms with Crippen LogP contribution in [-0.4, -0.2) is 269 Å². The van der Waals surface area contributed by atoms with Crippen LogP contribution in [-0.2, 0) is 98.1 Å². The van der Waals surface area contributed by atoms with Crippen LogP contribution >= 0.6 is 11.8 Å². The smallest absolute Gasteiger partial charge is 0.123 e. The minimum atomic E-state index is 0. The zero-order valence-electron chi connectivity index (χ0n) is 98.2. The van der Waals surface area contributed by atoms with E-state index in [-0.39, 0.29) is 11.6 Å². The number of aryl methyl sites for hydroxylation is 2. The molecule has 2 unspecified atom stereocenters. The Morgan fingerprint density at radius 1 is 0.340 bits per heavy atom. The fourth-order valence-electron chi connectivity index (χ4n) is 13.1. The molecule has 2 atom stereocenters. The number of hydrogen-bond donors (Lipinski definition) is 0. The summed E-state index contributed by atoms with van der Waals surface area (Å²) in [7, 11) is 1.71. The van der Waals surface area contributed by atoms with Gasteiger partial charge in [-0.2, -0.15) is 11.8 Å². The number of ether oxygens (including phenoxy) is 20. The van der Waals surface area contributed by atoms with E-state index in [1.807, 2.05) is 57.7 Å². The highest BCUT2D eigenvalue weighted by molar-refractivity contribution is 7.98. The van der Waals surface area contributed by atoms with E-state index in [1.165, 1.54) is 230 Å². The molecule has 1 aliphatic heterocycles. The van der Waals surface area contributed by atoms with Gasteiger partial charge in [0.05, 0.1) is 184 Å². The van der Waals surface area contributed by atoms with Crippen molar-refractivity contribution in [3.05, 3.63) is 59.7 Å². The summed E-state index contributed by atoms with van der Waals surface area (Å²) in [5.74, 6) is 5.95. The second-order valence-corrected chi connectivity index (χ2v) is 38.0. The van der Waals surface area contributed by atoms with Gasteiger partial charge in [0.25, 0.3) is 0 Å². The zero-order chi connectivity index (χ0) is 105. The van der Waals surface area contributed by atoms with Gasteiger partial charge in [0, 0.05) is 59.4 Å². The van der Waals surface area contributed by atoms with Crippen molar-refractivity contribution >= 4 is 11.8 Å². The molecule has 0 aromatic heterocycles. The molecule has 0 amide bonds. The lowest BCUT2D eigenvalue weighted by Crippen LogP contribution is -2.23. The first-order chi connectivity index (χ1) is 68.3. The average Bonchev–Trinajstić information content (AvgIpc) is 0.870. The highest BCUT2D eigenvalue weighted by Crippen LogP contribution is 2.27. The number of benzene rings is 2. The van der Waals surface area contributed by atoms with Crippen molar-refractivity contribution in [2.45, 2.75) is 423 Å². The fourth-order valence-corrected chi connectivity index (χ4v) is 13.6. The third-order valence-electron chi connectivity index (χ3n) is 21.2. The second kappa shape index (κ2) is 146. The lowest BCUT2D eigenvalue weighted by molar-refractivity contribution is -0.0610. The number of rotatable bonds is 70.